The third kappa shape index (κ3) is 1.50. The van der Waals surface area contributed by atoms with Gasteiger partial charge in [-0.05, 0) is 49.9 Å². The molecule has 4 aliphatic rings. The number of rotatable bonds is 3. The van der Waals surface area contributed by atoms with Crippen LogP contribution in [0.2, 0.25) is 0 Å². The van der Waals surface area contributed by atoms with Gasteiger partial charge in [-0.3, -0.25) is 9.59 Å². The number of hydrogen-bond donors (Lipinski definition) is 0. The summed E-state index contributed by atoms with van der Waals surface area (Å²) in [5.41, 5.74) is 0.413. The molecule has 1 atom stereocenters. The fraction of sp³-hybridized carbons (Fsp3) is 0.857. The van der Waals surface area contributed by atoms with Crippen molar-refractivity contribution in [2.75, 3.05) is 19.6 Å². The molecule has 98 valence electrons. The zero-order chi connectivity index (χ0) is 12.3. The Bertz CT molecular complexity index is 412. The normalized spacial score (nSPS) is 33.9. The Morgan fingerprint density at radius 1 is 1.17 bits per heavy atom. The Balaban J connectivity index is 1.51. The van der Waals surface area contributed by atoms with Crippen molar-refractivity contribution in [3.8, 4) is 0 Å². The number of carbonyl (C=O) groups is 2. The van der Waals surface area contributed by atoms with Crippen LogP contribution in [0.4, 0.5) is 0 Å². The summed E-state index contributed by atoms with van der Waals surface area (Å²) in [6, 6.07) is -0.124. The standard InChI is InChI=1S/C14H20N2O2/c17-12-8-15(9-14(5-6-14)10-3-4-10)13(18)11-2-1-7-16(11)12/h10-11H,1-9H2. The van der Waals surface area contributed by atoms with Crippen LogP contribution in [0.5, 0.6) is 0 Å². The van der Waals surface area contributed by atoms with Gasteiger partial charge in [0.1, 0.15) is 6.04 Å². The van der Waals surface area contributed by atoms with Gasteiger partial charge in [0.15, 0.2) is 0 Å². The van der Waals surface area contributed by atoms with Crippen molar-refractivity contribution in [1.29, 1.82) is 0 Å². The van der Waals surface area contributed by atoms with Gasteiger partial charge >= 0.3 is 0 Å². The highest BCUT2D eigenvalue weighted by Gasteiger charge is 2.56. The number of piperazine rings is 1. The molecule has 2 amide bonds. The minimum Gasteiger partial charge on any atom is -0.331 e. The number of fused-ring (bicyclic) bond motifs is 1. The number of nitrogens with zero attached hydrogens (tertiary/aromatic N) is 2. The fourth-order valence-corrected chi connectivity index (χ4v) is 3.93. The summed E-state index contributed by atoms with van der Waals surface area (Å²) < 4.78 is 0. The van der Waals surface area contributed by atoms with Crippen LogP contribution in [0, 0.1) is 11.3 Å². The predicted octanol–water partition coefficient (Wildman–Crippen LogP) is 1.01. The Morgan fingerprint density at radius 2 is 1.94 bits per heavy atom. The van der Waals surface area contributed by atoms with Crippen molar-refractivity contribution in [3.63, 3.8) is 0 Å². The molecular formula is C14H20N2O2. The molecule has 2 saturated heterocycles. The van der Waals surface area contributed by atoms with E-state index in [1.54, 1.807) is 4.90 Å². The van der Waals surface area contributed by atoms with E-state index in [9.17, 15) is 9.59 Å². The second-order valence-electron chi connectivity index (χ2n) is 6.58. The molecule has 2 saturated carbocycles. The molecule has 0 aromatic rings. The molecule has 4 fully saturated rings. The number of amides is 2. The minimum atomic E-state index is -0.124. The van der Waals surface area contributed by atoms with Gasteiger partial charge in [0.25, 0.3) is 0 Å². The second kappa shape index (κ2) is 3.49. The molecule has 0 spiro atoms. The van der Waals surface area contributed by atoms with Crippen molar-refractivity contribution in [2.45, 2.75) is 44.6 Å². The molecule has 0 radical (unpaired) electrons. The van der Waals surface area contributed by atoms with E-state index >= 15 is 0 Å². The maximum Gasteiger partial charge on any atom is 0.245 e. The molecule has 2 aliphatic carbocycles. The van der Waals surface area contributed by atoms with E-state index in [1.807, 2.05) is 4.90 Å². The molecule has 18 heavy (non-hydrogen) atoms. The highest BCUT2D eigenvalue weighted by molar-refractivity contribution is 5.95. The zero-order valence-corrected chi connectivity index (χ0v) is 10.7. The van der Waals surface area contributed by atoms with E-state index in [1.165, 1.54) is 25.7 Å². The third-order valence-corrected chi connectivity index (χ3v) is 5.34. The quantitative estimate of drug-likeness (QED) is 0.748. The zero-order valence-electron chi connectivity index (χ0n) is 10.7. The number of carbonyl (C=O) groups excluding carboxylic acids is 2. The van der Waals surface area contributed by atoms with Gasteiger partial charge in [-0.1, -0.05) is 0 Å². The predicted molar refractivity (Wildman–Crippen MR) is 65.7 cm³/mol. The molecule has 0 bridgehead atoms. The Labute approximate surface area is 107 Å². The third-order valence-electron chi connectivity index (χ3n) is 5.34. The van der Waals surface area contributed by atoms with Crippen LogP contribution >= 0.6 is 0 Å². The van der Waals surface area contributed by atoms with Crippen molar-refractivity contribution in [3.05, 3.63) is 0 Å². The molecule has 1 unspecified atom stereocenters. The van der Waals surface area contributed by atoms with Gasteiger partial charge in [0.05, 0.1) is 6.54 Å². The Hall–Kier alpha value is -1.06. The van der Waals surface area contributed by atoms with E-state index in [2.05, 4.69) is 0 Å². The van der Waals surface area contributed by atoms with Crippen molar-refractivity contribution >= 4 is 11.8 Å². The molecular weight excluding hydrogens is 228 g/mol. The van der Waals surface area contributed by atoms with Gasteiger partial charge in [0.2, 0.25) is 11.8 Å². The minimum absolute atomic E-state index is 0.124. The van der Waals surface area contributed by atoms with Crippen LogP contribution < -0.4 is 0 Å². The molecule has 0 aromatic heterocycles. The molecule has 4 heteroatoms. The van der Waals surface area contributed by atoms with E-state index in [-0.39, 0.29) is 17.9 Å². The van der Waals surface area contributed by atoms with Crippen LogP contribution in [-0.4, -0.2) is 47.3 Å². The highest BCUT2D eigenvalue weighted by Crippen LogP contribution is 2.61. The van der Waals surface area contributed by atoms with Crippen molar-refractivity contribution < 1.29 is 9.59 Å². The van der Waals surface area contributed by atoms with E-state index < -0.39 is 0 Å². The molecule has 2 heterocycles. The first-order valence-corrected chi connectivity index (χ1v) is 7.28. The van der Waals surface area contributed by atoms with Gasteiger partial charge in [0, 0.05) is 13.1 Å². The van der Waals surface area contributed by atoms with Gasteiger partial charge in [-0.25, -0.2) is 0 Å². The largest absolute Gasteiger partial charge is 0.331 e. The van der Waals surface area contributed by atoms with E-state index in [4.69, 9.17) is 0 Å². The summed E-state index contributed by atoms with van der Waals surface area (Å²) in [6.45, 7) is 1.98. The molecule has 0 aromatic carbocycles. The monoisotopic (exact) mass is 248 g/mol. The summed E-state index contributed by atoms with van der Waals surface area (Å²) in [5, 5.41) is 0. The summed E-state index contributed by atoms with van der Waals surface area (Å²) >= 11 is 0. The van der Waals surface area contributed by atoms with Gasteiger partial charge in [-0.2, -0.15) is 0 Å². The SMILES string of the molecule is O=C1C2CCCN2C(=O)CN1CC1(C2CC2)CC1. The highest BCUT2D eigenvalue weighted by atomic mass is 16.2. The first-order chi connectivity index (χ1) is 8.70. The van der Waals surface area contributed by atoms with Crippen LogP contribution in [0.1, 0.15) is 38.5 Å². The summed E-state index contributed by atoms with van der Waals surface area (Å²) in [4.78, 5) is 28.2. The summed E-state index contributed by atoms with van der Waals surface area (Å²) in [5.74, 6) is 1.24. The van der Waals surface area contributed by atoms with Crippen molar-refractivity contribution in [1.82, 2.24) is 9.80 Å². The molecule has 4 nitrogen and oxygen atoms in total. The smallest absolute Gasteiger partial charge is 0.245 e. The number of hydrogen-bond acceptors (Lipinski definition) is 2. The first-order valence-electron chi connectivity index (χ1n) is 7.28. The first kappa shape index (κ1) is 10.8. The van der Waals surface area contributed by atoms with E-state index in [0.717, 1.165) is 31.8 Å². The maximum atomic E-state index is 12.4. The molecule has 2 aliphatic heterocycles. The average molecular weight is 248 g/mol. The van der Waals surface area contributed by atoms with Crippen LogP contribution in [0.15, 0.2) is 0 Å². The van der Waals surface area contributed by atoms with Crippen molar-refractivity contribution in [2.24, 2.45) is 11.3 Å². The van der Waals surface area contributed by atoms with Gasteiger partial charge in [-0.15, -0.1) is 0 Å². The van der Waals surface area contributed by atoms with Crippen LogP contribution in [0.25, 0.3) is 0 Å². The lowest BCUT2D eigenvalue weighted by molar-refractivity contribution is -0.154. The average Bonchev–Trinajstić information content (AvgIpc) is 3.25. The second-order valence-corrected chi connectivity index (χ2v) is 6.58. The maximum absolute atomic E-state index is 12.4. The molecule has 0 N–H and O–H groups in total. The van der Waals surface area contributed by atoms with Crippen LogP contribution in [0.3, 0.4) is 0 Å². The van der Waals surface area contributed by atoms with Gasteiger partial charge < -0.3 is 9.80 Å². The lowest BCUT2D eigenvalue weighted by atomic mass is 9.98. The fourth-order valence-electron chi connectivity index (χ4n) is 3.93. The van der Waals surface area contributed by atoms with E-state index in [0.29, 0.717) is 12.0 Å². The summed E-state index contributed by atoms with van der Waals surface area (Å²) in [6.07, 6.45) is 7.08. The topological polar surface area (TPSA) is 40.6 Å². The lowest BCUT2D eigenvalue weighted by Gasteiger charge is -2.38. The summed E-state index contributed by atoms with van der Waals surface area (Å²) in [7, 11) is 0. The lowest BCUT2D eigenvalue weighted by Crippen LogP contribution is -2.58. The Kier molecular flexibility index (Phi) is 2.10. The van der Waals surface area contributed by atoms with Crippen LogP contribution in [-0.2, 0) is 9.59 Å². The molecule has 4 rings (SSSR count). The Morgan fingerprint density at radius 3 is 2.61 bits per heavy atom.